The van der Waals surface area contributed by atoms with Gasteiger partial charge in [0.2, 0.25) is 5.82 Å². The fourth-order valence-electron chi connectivity index (χ4n) is 3.65. The smallest absolute Gasteiger partial charge is 0.408 e. The van der Waals surface area contributed by atoms with Gasteiger partial charge in [-0.1, -0.05) is 47.3 Å². The summed E-state index contributed by atoms with van der Waals surface area (Å²) in [5, 5.41) is 19.1. The summed E-state index contributed by atoms with van der Waals surface area (Å²) in [5.74, 6) is 0.0708. The van der Waals surface area contributed by atoms with Gasteiger partial charge in [0.15, 0.2) is 0 Å². The zero-order chi connectivity index (χ0) is 18.6. The molecule has 0 spiro atoms. The minimum atomic E-state index is -0.980. The maximum Gasteiger partial charge on any atom is 0.408 e. The number of nitrogens with zero attached hydrogens (tertiary/aromatic N) is 4. The van der Waals surface area contributed by atoms with Crippen molar-refractivity contribution >= 4 is 22.0 Å². The summed E-state index contributed by atoms with van der Waals surface area (Å²) in [7, 11) is 0. The lowest BCUT2D eigenvalue weighted by molar-refractivity contribution is 0.0384. The van der Waals surface area contributed by atoms with Crippen molar-refractivity contribution < 1.29 is 9.90 Å². The first kappa shape index (κ1) is 18.3. The van der Waals surface area contributed by atoms with Crippen molar-refractivity contribution in [2.24, 2.45) is 0 Å². The Labute approximate surface area is 160 Å². The van der Waals surface area contributed by atoms with Crippen molar-refractivity contribution in [1.29, 1.82) is 5.26 Å². The quantitative estimate of drug-likeness (QED) is 0.797. The number of amides is 1. The Morgan fingerprint density at radius 3 is 2.54 bits per heavy atom. The molecule has 1 saturated carbocycles. The molecular formula is C19H19BrN4O2. The molecule has 1 aromatic carbocycles. The highest BCUT2D eigenvalue weighted by molar-refractivity contribution is 9.10. The van der Waals surface area contributed by atoms with E-state index >= 15 is 0 Å². The lowest BCUT2D eigenvalue weighted by Gasteiger charge is -2.44. The SMILES string of the molecule is N#Cc1nccc(C2(N(Cc3ccc(Br)cc3)C(=O)O)CCCCC2)n1. The molecule has 0 radical (unpaired) electrons. The van der Waals surface area contributed by atoms with Crippen LogP contribution >= 0.6 is 15.9 Å². The Morgan fingerprint density at radius 1 is 1.23 bits per heavy atom. The number of carbonyl (C=O) groups is 1. The first-order chi connectivity index (χ1) is 12.5. The van der Waals surface area contributed by atoms with Crippen LogP contribution in [0.4, 0.5) is 4.79 Å². The van der Waals surface area contributed by atoms with Crippen molar-refractivity contribution in [1.82, 2.24) is 14.9 Å². The van der Waals surface area contributed by atoms with Gasteiger partial charge in [-0.15, -0.1) is 0 Å². The second-order valence-corrected chi connectivity index (χ2v) is 7.38. The molecule has 6 nitrogen and oxygen atoms in total. The molecule has 1 fully saturated rings. The Hall–Kier alpha value is -2.46. The van der Waals surface area contributed by atoms with Crippen molar-refractivity contribution in [3.05, 3.63) is 58.1 Å². The molecule has 134 valence electrons. The highest BCUT2D eigenvalue weighted by Gasteiger charge is 2.43. The van der Waals surface area contributed by atoms with E-state index in [1.54, 1.807) is 6.07 Å². The molecule has 0 saturated heterocycles. The number of halogens is 1. The van der Waals surface area contributed by atoms with Crippen LogP contribution in [0.2, 0.25) is 0 Å². The standard InChI is InChI=1S/C19H19BrN4O2/c20-15-6-4-14(5-7-15)13-24(18(25)26)19(9-2-1-3-10-19)16-8-11-22-17(12-21)23-16/h4-8,11H,1-3,9-10,13H2,(H,25,26). The number of nitriles is 1. The number of hydrogen-bond donors (Lipinski definition) is 1. The Kier molecular flexibility index (Phi) is 5.52. The highest BCUT2D eigenvalue weighted by Crippen LogP contribution is 2.42. The van der Waals surface area contributed by atoms with Crippen LogP contribution in [-0.2, 0) is 12.1 Å². The minimum Gasteiger partial charge on any atom is -0.465 e. The molecule has 0 atom stereocenters. The van der Waals surface area contributed by atoms with Crippen LogP contribution in [-0.4, -0.2) is 26.1 Å². The lowest BCUT2D eigenvalue weighted by Crippen LogP contribution is -2.50. The molecule has 26 heavy (non-hydrogen) atoms. The van der Waals surface area contributed by atoms with E-state index in [9.17, 15) is 9.90 Å². The van der Waals surface area contributed by atoms with E-state index in [0.717, 1.165) is 29.3 Å². The topological polar surface area (TPSA) is 90.1 Å². The van der Waals surface area contributed by atoms with Crippen LogP contribution in [0.3, 0.4) is 0 Å². The van der Waals surface area contributed by atoms with Gasteiger partial charge in [-0.25, -0.2) is 14.8 Å². The summed E-state index contributed by atoms with van der Waals surface area (Å²) in [5.41, 5.74) is 0.796. The molecule has 7 heteroatoms. The summed E-state index contributed by atoms with van der Waals surface area (Å²) < 4.78 is 0.949. The zero-order valence-corrected chi connectivity index (χ0v) is 15.8. The van der Waals surface area contributed by atoms with Crippen LogP contribution in [0, 0.1) is 11.3 Å². The van der Waals surface area contributed by atoms with Crippen LogP contribution in [0.25, 0.3) is 0 Å². The van der Waals surface area contributed by atoms with Crippen molar-refractivity contribution in [2.45, 2.75) is 44.2 Å². The van der Waals surface area contributed by atoms with E-state index in [4.69, 9.17) is 5.26 Å². The second kappa shape index (κ2) is 7.83. The first-order valence-electron chi connectivity index (χ1n) is 8.54. The van der Waals surface area contributed by atoms with Gasteiger partial charge in [-0.3, -0.25) is 4.90 Å². The van der Waals surface area contributed by atoms with Gasteiger partial charge in [-0.05, 0) is 36.6 Å². The molecule has 0 unspecified atom stereocenters. The Balaban J connectivity index is 2.04. The number of rotatable bonds is 4. The highest BCUT2D eigenvalue weighted by atomic mass is 79.9. The van der Waals surface area contributed by atoms with Crippen LogP contribution in [0.1, 0.15) is 49.2 Å². The maximum absolute atomic E-state index is 12.2. The fourth-order valence-corrected chi connectivity index (χ4v) is 3.91. The van der Waals surface area contributed by atoms with Crippen LogP contribution in [0.5, 0.6) is 0 Å². The van der Waals surface area contributed by atoms with Crippen LogP contribution < -0.4 is 0 Å². The van der Waals surface area contributed by atoms with E-state index < -0.39 is 11.6 Å². The number of aromatic nitrogens is 2. The number of hydrogen-bond acceptors (Lipinski definition) is 4. The Bertz CT molecular complexity index is 826. The van der Waals surface area contributed by atoms with Crippen molar-refractivity contribution in [3.63, 3.8) is 0 Å². The number of carboxylic acid groups (broad SMARTS) is 1. The zero-order valence-electron chi connectivity index (χ0n) is 14.2. The van der Waals surface area contributed by atoms with Crippen molar-refractivity contribution in [2.75, 3.05) is 0 Å². The van der Waals surface area contributed by atoms with Gasteiger partial charge in [0, 0.05) is 17.2 Å². The maximum atomic E-state index is 12.2. The summed E-state index contributed by atoms with van der Waals surface area (Å²) in [6.45, 7) is 0.272. The summed E-state index contributed by atoms with van der Waals surface area (Å²) in [4.78, 5) is 22.0. The summed E-state index contributed by atoms with van der Waals surface area (Å²) >= 11 is 3.40. The van der Waals surface area contributed by atoms with Gasteiger partial charge in [0.1, 0.15) is 6.07 Å². The monoisotopic (exact) mass is 414 g/mol. The predicted octanol–water partition coefficient (Wildman–Crippen LogP) is 4.45. The predicted molar refractivity (Wildman–Crippen MR) is 99.2 cm³/mol. The molecule has 1 aliphatic rings. The van der Waals surface area contributed by atoms with Gasteiger partial charge < -0.3 is 5.11 Å². The number of benzene rings is 1. The lowest BCUT2D eigenvalue weighted by atomic mass is 9.77. The summed E-state index contributed by atoms with van der Waals surface area (Å²) in [6, 6.07) is 11.3. The molecule has 1 aromatic heterocycles. The molecule has 0 aliphatic heterocycles. The largest absolute Gasteiger partial charge is 0.465 e. The van der Waals surface area contributed by atoms with E-state index in [-0.39, 0.29) is 12.4 Å². The van der Waals surface area contributed by atoms with Crippen molar-refractivity contribution in [3.8, 4) is 6.07 Å². The molecule has 2 aromatic rings. The molecule has 3 rings (SSSR count). The first-order valence-corrected chi connectivity index (χ1v) is 9.33. The van der Waals surface area contributed by atoms with Gasteiger partial charge >= 0.3 is 6.09 Å². The second-order valence-electron chi connectivity index (χ2n) is 6.46. The van der Waals surface area contributed by atoms with E-state index in [1.165, 1.54) is 11.1 Å². The minimum absolute atomic E-state index is 0.0708. The van der Waals surface area contributed by atoms with E-state index in [2.05, 4.69) is 25.9 Å². The third kappa shape index (κ3) is 3.70. The third-order valence-corrected chi connectivity index (χ3v) is 5.44. The molecule has 1 heterocycles. The van der Waals surface area contributed by atoms with E-state index in [1.807, 2.05) is 30.3 Å². The fraction of sp³-hybridized carbons (Fsp3) is 0.368. The molecule has 1 N–H and O–H groups in total. The molecular weight excluding hydrogens is 396 g/mol. The average Bonchev–Trinajstić information content (AvgIpc) is 2.68. The van der Waals surface area contributed by atoms with Gasteiger partial charge in [0.25, 0.3) is 0 Å². The van der Waals surface area contributed by atoms with Gasteiger partial charge in [-0.2, -0.15) is 5.26 Å². The van der Waals surface area contributed by atoms with Gasteiger partial charge in [0.05, 0.1) is 11.2 Å². The third-order valence-electron chi connectivity index (χ3n) is 4.91. The summed E-state index contributed by atoms with van der Waals surface area (Å²) in [6.07, 6.45) is 4.87. The Morgan fingerprint density at radius 2 is 1.92 bits per heavy atom. The molecule has 1 aliphatic carbocycles. The van der Waals surface area contributed by atoms with E-state index in [0.29, 0.717) is 18.5 Å². The normalized spacial score (nSPS) is 15.8. The van der Waals surface area contributed by atoms with Crippen LogP contribution in [0.15, 0.2) is 41.0 Å². The molecule has 1 amide bonds. The average molecular weight is 415 g/mol. The molecule has 0 bridgehead atoms.